The third-order valence-electron chi connectivity index (χ3n) is 11.5. The van der Waals surface area contributed by atoms with Gasteiger partial charge in [-0.25, -0.2) is 4.79 Å². The predicted octanol–water partition coefficient (Wildman–Crippen LogP) is 0.758. The number of ether oxygens (including phenoxy) is 4. The average molecular weight is 893 g/mol. The number of ketones is 3. The molecule has 64 heavy (non-hydrogen) atoms. The van der Waals surface area contributed by atoms with E-state index in [2.05, 4.69) is 16.0 Å². The Kier molecular flexibility index (Phi) is 14.4. The molecule has 0 spiro atoms. The van der Waals surface area contributed by atoms with E-state index in [-0.39, 0.29) is 46.9 Å². The molecule has 3 aliphatic rings. The number of amides is 3. The highest BCUT2D eigenvalue weighted by Crippen LogP contribution is 2.52. The van der Waals surface area contributed by atoms with Gasteiger partial charge in [-0.1, -0.05) is 38.1 Å². The Bertz CT molecular complexity index is 2320. The first-order valence-electron chi connectivity index (χ1n) is 20.5. The average Bonchev–Trinajstić information content (AvgIpc) is 3.26. The maximum Gasteiger partial charge on any atom is 0.407 e. The third-order valence-corrected chi connectivity index (χ3v) is 11.5. The number of rotatable bonds is 15. The van der Waals surface area contributed by atoms with Crippen molar-refractivity contribution in [3.05, 3.63) is 81.4 Å². The van der Waals surface area contributed by atoms with E-state index in [4.69, 9.17) is 24.7 Å². The maximum atomic E-state index is 14.0. The Labute approximate surface area is 366 Å². The number of nitrogens with one attached hydrogen (secondary N) is 3. The fourth-order valence-corrected chi connectivity index (χ4v) is 8.18. The van der Waals surface area contributed by atoms with Crippen molar-refractivity contribution in [3.63, 3.8) is 0 Å². The van der Waals surface area contributed by atoms with Gasteiger partial charge in [-0.15, -0.1) is 0 Å². The number of fused-ring (bicyclic) bond motifs is 3. The van der Waals surface area contributed by atoms with E-state index in [0.29, 0.717) is 17.7 Å². The smallest absolute Gasteiger partial charge is 0.407 e. The summed E-state index contributed by atoms with van der Waals surface area (Å²) in [7, 11) is 1.29. The van der Waals surface area contributed by atoms with Crippen LogP contribution in [0.3, 0.4) is 0 Å². The summed E-state index contributed by atoms with van der Waals surface area (Å²) in [5, 5.41) is 72.8. The largest absolute Gasteiger partial charge is 0.507 e. The Morgan fingerprint density at radius 3 is 2.30 bits per heavy atom. The van der Waals surface area contributed by atoms with Crippen LogP contribution in [0.4, 0.5) is 10.5 Å². The number of anilines is 1. The Balaban J connectivity index is 1.16. The number of Topliss-reactive ketones (excluding diaryl/α,β-unsaturated/α-hetero) is 1. The maximum absolute atomic E-state index is 14.0. The Morgan fingerprint density at radius 1 is 0.969 bits per heavy atom. The van der Waals surface area contributed by atoms with Crippen molar-refractivity contribution in [2.45, 2.75) is 101 Å². The highest BCUT2D eigenvalue weighted by molar-refractivity contribution is 6.31. The van der Waals surface area contributed by atoms with Crippen LogP contribution in [0, 0.1) is 5.92 Å². The van der Waals surface area contributed by atoms with Gasteiger partial charge in [0.05, 0.1) is 48.7 Å². The first kappa shape index (κ1) is 47.5. The normalized spacial score (nSPS) is 23.5. The zero-order valence-corrected chi connectivity index (χ0v) is 35.5. The van der Waals surface area contributed by atoms with Crippen LogP contribution in [0.2, 0.25) is 0 Å². The minimum absolute atomic E-state index is 0.0370. The van der Waals surface area contributed by atoms with Crippen LogP contribution in [0.1, 0.15) is 94.7 Å². The van der Waals surface area contributed by atoms with Gasteiger partial charge in [0.15, 0.2) is 17.9 Å². The zero-order chi connectivity index (χ0) is 46.8. The molecule has 11 N–H and O–H groups in total. The molecule has 0 bridgehead atoms. The van der Waals surface area contributed by atoms with Gasteiger partial charge in [0.1, 0.15) is 54.3 Å². The monoisotopic (exact) mass is 892 g/mol. The number of aromatic hydroxyl groups is 2. The summed E-state index contributed by atoms with van der Waals surface area (Å²) < 4.78 is 22.8. The number of nitrogens with two attached hydrogens (primary N) is 1. The van der Waals surface area contributed by atoms with Crippen LogP contribution in [-0.2, 0) is 41.6 Å². The van der Waals surface area contributed by atoms with Crippen molar-refractivity contribution in [1.82, 2.24) is 10.6 Å². The summed E-state index contributed by atoms with van der Waals surface area (Å²) in [6, 6.07) is 7.37. The molecule has 3 aromatic rings. The van der Waals surface area contributed by atoms with Crippen LogP contribution < -0.4 is 26.4 Å². The molecule has 344 valence electrons. The molecule has 0 aromatic heterocycles. The third kappa shape index (κ3) is 9.58. The fraction of sp³-hybridized carbons (Fsp3) is 0.455. The van der Waals surface area contributed by atoms with Crippen molar-refractivity contribution >= 4 is 40.9 Å². The van der Waals surface area contributed by atoms with E-state index in [1.54, 1.807) is 24.3 Å². The second kappa shape index (κ2) is 19.4. The molecule has 1 fully saturated rings. The van der Waals surface area contributed by atoms with Crippen molar-refractivity contribution in [2.24, 2.45) is 11.7 Å². The minimum atomic E-state index is -2.39. The number of aliphatic hydroxyl groups excluding tert-OH is 3. The molecule has 6 rings (SSSR count). The summed E-state index contributed by atoms with van der Waals surface area (Å²) in [6.07, 6.45) is -7.32. The number of phenols is 2. The van der Waals surface area contributed by atoms with Crippen molar-refractivity contribution in [2.75, 3.05) is 25.6 Å². The number of alkyl carbamates (subject to hydrolysis) is 1. The van der Waals surface area contributed by atoms with Crippen molar-refractivity contribution in [1.29, 1.82) is 0 Å². The summed E-state index contributed by atoms with van der Waals surface area (Å²) in [5.74, 6) is -5.39. The lowest BCUT2D eigenvalue weighted by molar-refractivity contribution is -0.249. The molecule has 8 atom stereocenters. The topological polar surface area (TPSA) is 323 Å². The van der Waals surface area contributed by atoms with Gasteiger partial charge in [-0.05, 0) is 43.0 Å². The summed E-state index contributed by atoms with van der Waals surface area (Å²) in [6.45, 7) is 3.30. The molecule has 20 heteroatoms. The van der Waals surface area contributed by atoms with Crippen LogP contribution in [-0.4, -0.2) is 128 Å². The molecular weight excluding hydrogens is 840 g/mol. The first-order chi connectivity index (χ1) is 30.3. The van der Waals surface area contributed by atoms with Gasteiger partial charge in [-0.3, -0.25) is 24.0 Å². The molecule has 2 aliphatic carbocycles. The highest BCUT2D eigenvalue weighted by Gasteiger charge is 2.50. The predicted molar refractivity (Wildman–Crippen MR) is 222 cm³/mol. The molecule has 3 aromatic carbocycles. The molecule has 1 saturated heterocycles. The van der Waals surface area contributed by atoms with E-state index in [9.17, 15) is 59.4 Å². The number of aliphatic hydroxyl groups is 4. The summed E-state index contributed by atoms with van der Waals surface area (Å²) in [5.41, 5.74) is 2.21. The van der Waals surface area contributed by atoms with E-state index in [0.717, 1.165) is 0 Å². The SMILES string of the molecule is COc1cccc2c1C(=O)c1c(O)c3c(c(O)c1C2=O)C[C@@](O)(C(=O)CO)CC3O[C@H]1CC(NC(=O)OCc2ccc(NC(=O)[C@H](CC(C)C)NC(=O)[C@@H](N)CO)cc2)[C@H](O)[C@H](C)O1. The quantitative estimate of drug-likeness (QED) is 0.0737. The van der Waals surface area contributed by atoms with Gasteiger partial charge >= 0.3 is 6.09 Å². The Morgan fingerprint density at radius 2 is 1.66 bits per heavy atom. The van der Waals surface area contributed by atoms with Gasteiger partial charge in [0.2, 0.25) is 17.6 Å². The number of phenolic OH excluding ortho intramolecular Hbond substituents is 2. The van der Waals surface area contributed by atoms with E-state index < -0.39 is 132 Å². The van der Waals surface area contributed by atoms with Gasteiger partial charge < -0.3 is 71.3 Å². The minimum Gasteiger partial charge on any atom is -0.507 e. The lowest BCUT2D eigenvalue weighted by atomic mass is 9.72. The van der Waals surface area contributed by atoms with Gasteiger partial charge in [0, 0.05) is 41.6 Å². The standard InChI is InChI=1S/C44H52N4O16/c1-19(2)12-27(47-41(57)25(45)16-49)42(58)46-22-10-8-21(9-11-22)18-62-43(59)48-26-13-31(63-20(3)36(26)52)64-29-15-44(60,30(51)17-50)14-24-33(29)40(56)35-34(38(24)54)37(53)23-6-5-7-28(61-4)32(23)39(35)55/h5-11,19-20,25-27,29,31,36,49-50,52,54,56,60H,12-18,45H2,1-4H3,(H,46,58)(H,47,57)(H,48,59)/t20-,25-,26?,27-,29?,31-,36+,44-/m0/s1. The van der Waals surface area contributed by atoms with Crippen LogP contribution >= 0.6 is 0 Å². The number of hydrogen-bond donors (Lipinski definition) is 10. The summed E-state index contributed by atoms with van der Waals surface area (Å²) >= 11 is 0. The second-order valence-electron chi connectivity index (χ2n) is 16.5. The molecule has 2 unspecified atom stereocenters. The number of carbonyl (C=O) groups is 6. The Hall–Kier alpha value is -6.00. The van der Waals surface area contributed by atoms with Crippen LogP contribution in [0.25, 0.3) is 0 Å². The second-order valence-corrected chi connectivity index (χ2v) is 16.5. The van der Waals surface area contributed by atoms with E-state index in [1.165, 1.54) is 32.2 Å². The lowest BCUT2D eigenvalue weighted by Gasteiger charge is -2.42. The number of carbonyl (C=O) groups excluding carboxylic acids is 6. The molecular formula is C44H52N4O16. The fourth-order valence-electron chi connectivity index (χ4n) is 8.18. The highest BCUT2D eigenvalue weighted by atomic mass is 16.7. The number of hydrogen-bond acceptors (Lipinski definition) is 17. The van der Waals surface area contributed by atoms with E-state index >= 15 is 0 Å². The van der Waals surface area contributed by atoms with Crippen LogP contribution in [0.5, 0.6) is 17.2 Å². The zero-order valence-electron chi connectivity index (χ0n) is 35.5. The molecule has 1 heterocycles. The van der Waals surface area contributed by atoms with E-state index in [1.807, 2.05) is 13.8 Å². The lowest BCUT2D eigenvalue weighted by Crippen LogP contribution is -2.56. The molecule has 20 nitrogen and oxygen atoms in total. The van der Waals surface area contributed by atoms with Crippen molar-refractivity contribution in [3.8, 4) is 17.2 Å². The van der Waals surface area contributed by atoms with Gasteiger partial charge in [-0.2, -0.15) is 0 Å². The molecule has 3 amide bonds. The van der Waals surface area contributed by atoms with Gasteiger partial charge in [0.25, 0.3) is 0 Å². The number of methoxy groups -OCH3 is 1. The van der Waals surface area contributed by atoms with Crippen LogP contribution in [0.15, 0.2) is 42.5 Å². The van der Waals surface area contributed by atoms with Crippen molar-refractivity contribution < 1.29 is 78.4 Å². The molecule has 1 aliphatic heterocycles. The number of benzene rings is 3. The molecule has 0 radical (unpaired) electrons. The summed E-state index contributed by atoms with van der Waals surface area (Å²) in [4.78, 5) is 79.1. The first-order valence-corrected chi connectivity index (χ1v) is 20.5. The molecule has 0 saturated carbocycles.